The molecule has 10 bridgehead atoms. The minimum atomic E-state index is -1.62. The zero-order valence-electron chi connectivity index (χ0n) is 31.0. The van der Waals surface area contributed by atoms with E-state index in [1.54, 1.807) is 27.2 Å². The van der Waals surface area contributed by atoms with Crippen LogP contribution in [0.25, 0.3) is 44.9 Å². The summed E-state index contributed by atoms with van der Waals surface area (Å²) in [6.07, 6.45) is 3.47. The van der Waals surface area contributed by atoms with Gasteiger partial charge in [-0.2, -0.15) is 0 Å². The van der Waals surface area contributed by atoms with Crippen LogP contribution in [0.5, 0.6) is 11.5 Å². The molecule has 1 spiro atoms. The number of aromatic nitrogens is 3. The Kier molecular flexibility index (Phi) is 7.13. The number of benzene rings is 3. The maximum atomic E-state index is 14.3. The summed E-state index contributed by atoms with van der Waals surface area (Å²) in [6, 6.07) is 14.3. The number of anilines is 1. The minimum Gasteiger partial charge on any atom is -0.495 e. The number of amides is 2. The Labute approximate surface area is 315 Å². The molecule has 0 saturated heterocycles. The first-order chi connectivity index (χ1) is 26.6. The summed E-state index contributed by atoms with van der Waals surface area (Å²) in [5, 5.41) is 21.8. The zero-order chi connectivity index (χ0) is 38.0. The second-order valence-electron chi connectivity index (χ2n) is 15.2. The van der Waals surface area contributed by atoms with E-state index >= 15 is 0 Å². The number of hydrogen-bond acceptors (Lipinski definition) is 10. The highest BCUT2D eigenvalue weighted by atomic mass is 16.5. The van der Waals surface area contributed by atoms with Gasteiger partial charge in [0, 0.05) is 45.9 Å². The summed E-state index contributed by atoms with van der Waals surface area (Å²) in [5.41, 5.74) is 4.55. The van der Waals surface area contributed by atoms with Crippen molar-refractivity contribution in [3.63, 3.8) is 0 Å². The Hall–Kier alpha value is -6.08. The van der Waals surface area contributed by atoms with Gasteiger partial charge in [-0.3, -0.25) is 9.59 Å². The van der Waals surface area contributed by atoms with Gasteiger partial charge >= 0.3 is 0 Å². The number of nitrogens with one attached hydrogen (secondary N) is 4. The molecule has 4 aliphatic heterocycles. The van der Waals surface area contributed by atoms with Crippen molar-refractivity contribution < 1.29 is 33.0 Å². The quantitative estimate of drug-likeness (QED) is 0.129. The minimum absolute atomic E-state index is 0.155. The van der Waals surface area contributed by atoms with Crippen LogP contribution in [0.15, 0.2) is 69.8 Å². The van der Waals surface area contributed by atoms with Gasteiger partial charge in [0.1, 0.15) is 34.6 Å². The van der Waals surface area contributed by atoms with Gasteiger partial charge in [-0.05, 0) is 48.1 Å². The maximum Gasteiger partial charge on any atom is 0.252 e. The number of H-pyrrole nitrogens is 1. The highest BCUT2D eigenvalue weighted by molar-refractivity contribution is 6.09. The lowest BCUT2D eigenvalue weighted by atomic mass is 9.72. The molecule has 55 heavy (non-hydrogen) atoms. The van der Waals surface area contributed by atoms with Crippen molar-refractivity contribution in [3.8, 4) is 45.5 Å². The molecule has 6 aromatic rings. The molecule has 0 saturated carbocycles. The summed E-state index contributed by atoms with van der Waals surface area (Å²) >= 11 is 0. The summed E-state index contributed by atoms with van der Waals surface area (Å²) in [7, 11) is 1.65. The maximum absolute atomic E-state index is 14.3. The number of ether oxygens (including phenoxy) is 2. The molecular weight excluding hydrogens is 700 g/mol. The van der Waals surface area contributed by atoms with Crippen molar-refractivity contribution in [2.24, 2.45) is 5.92 Å². The van der Waals surface area contributed by atoms with Crippen LogP contribution in [0, 0.1) is 5.92 Å². The predicted molar refractivity (Wildman–Crippen MR) is 203 cm³/mol. The first kappa shape index (κ1) is 33.5. The molecule has 10 rings (SSSR count). The molecule has 3 aromatic carbocycles. The average molecular weight is 741 g/mol. The van der Waals surface area contributed by atoms with Gasteiger partial charge in [0.2, 0.25) is 17.7 Å². The van der Waals surface area contributed by atoms with E-state index in [1.807, 2.05) is 50.4 Å². The normalized spacial score (nSPS) is 21.6. The van der Waals surface area contributed by atoms with Crippen molar-refractivity contribution >= 4 is 28.4 Å². The van der Waals surface area contributed by atoms with E-state index < -0.39 is 41.1 Å². The van der Waals surface area contributed by atoms with Crippen LogP contribution in [0.1, 0.15) is 74.9 Å². The van der Waals surface area contributed by atoms with Gasteiger partial charge in [-0.1, -0.05) is 58.0 Å². The number of hydrogen-bond donors (Lipinski definition) is 5. The molecule has 4 atom stereocenters. The van der Waals surface area contributed by atoms with E-state index in [1.165, 1.54) is 0 Å². The molecule has 0 aliphatic carbocycles. The highest BCUT2D eigenvalue weighted by Crippen LogP contribution is 2.61. The van der Waals surface area contributed by atoms with Crippen LogP contribution < -0.4 is 25.4 Å². The Balaban J connectivity index is 1.27. The van der Waals surface area contributed by atoms with Crippen LogP contribution in [0.2, 0.25) is 0 Å². The van der Waals surface area contributed by atoms with E-state index in [9.17, 15) is 14.7 Å². The summed E-state index contributed by atoms with van der Waals surface area (Å²) in [4.78, 5) is 41.2. The van der Waals surface area contributed by atoms with Gasteiger partial charge in [-0.15, -0.1) is 0 Å². The molecule has 5 N–H and O–H groups in total. The van der Waals surface area contributed by atoms with E-state index in [2.05, 4.69) is 39.1 Å². The lowest BCUT2D eigenvalue weighted by Crippen LogP contribution is -2.55. The van der Waals surface area contributed by atoms with Crippen LogP contribution in [0.3, 0.4) is 0 Å². The number of carbonyl (C=O) groups is 2. The Morgan fingerprint density at radius 2 is 1.91 bits per heavy atom. The van der Waals surface area contributed by atoms with Crippen molar-refractivity contribution in [1.82, 2.24) is 25.6 Å². The van der Waals surface area contributed by atoms with Crippen LogP contribution in [0.4, 0.5) is 5.69 Å². The first-order valence-electron chi connectivity index (χ1n) is 18.8. The van der Waals surface area contributed by atoms with Gasteiger partial charge in [0.25, 0.3) is 5.91 Å². The molecule has 0 fully saturated rings. The molecule has 2 amide bonds. The third-order valence-corrected chi connectivity index (χ3v) is 12.0. The van der Waals surface area contributed by atoms with Gasteiger partial charge in [-0.25, -0.2) is 9.97 Å². The van der Waals surface area contributed by atoms with E-state index in [-0.39, 0.29) is 37.0 Å². The largest absolute Gasteiger partial charge is 0.495 e. The fourth-order valence-corrected chi connectivity index (χ4v) is 8.93. The zero-order valence-corrected chi connectivity index (χ0v) is 31.0. The predicted octanol–water partition coefficient (Wildman–Crippen LogP) is 6.35. The monoisotopic (exact) mass is 740 g/mol. The fourth-order valence-electron chi connectivity index (χ4n) is 8.93. The Morgan fingerprint density at radius 3 is 2.69 bits per heavy atom. The molecule has 4 aliphatic rings. The number of carbonyl (C=O) groups excluding carboxylic acids is 2. The van der Waals surface area contributed by atoms with Crippen LogP contribution >= 0.6 is 0 Å². The number of para-hydroxylation sites is 1. The Bertz CT molecular complexity index is 2580. The standard InChI is InChI=1S/C42H40N6O7/c1-6-41(51,7-2)39(50)45-26-16-20-11-13-27-25(15-20)42-24-10-8-9-22(32(24)48-40(42)54-27)21-12-14-28(52-5)33-30(21)23(17-43-33)29-18-44-37(53-29)34-35(42)55-38(47-34)31(19(3)4)46-36(26)49/h8-15,17-19,26,31,40,43,48,51H,6-7,16H2,1-5H3,(H,45,50)(H,46,49)/t26-,31-,40?,42?/m0/s1. The van der Waals surface area contributed by atoms with Crippen LogP contribution in [-0.4, -0.2) is 56.9 Å². The third-order valence-electron chi connectivity index (χ3n) is 12.0. The van der Waals surface area contributed by atoms with E-state index in [0.717, 1.165) is 50.0 Å². The summed E-state index contributed by atoms with van der Waals surface area (Å²) < 4.78 is 26.3. The Morgan fingerprint density at radius 1 is 1.07 bits per heavy atom. The summed E-state index contributed by atoms with van der Waals surface area (Å²) in [5.74, 6) is 1.60. The summed E-state index contributed by atoms with van der Waals surface area (Å²) in [6.45, 7) is 7.43. The van der Waals surface area contributed by atoms with Crippen molar-refractivity contribution in [2.75, 3.05) is 12.4 Å². The number of aliphatic hydroxyl groups is 1. The molecule has 0 radical (unpaired) electrons. The van der Waals surface area contributed by atoms with E-state index in [4.69, 9.17) is 28.3 Å². The van der Waals surface area contributed by atoms with Crippen molar-refractivity contribution in [3.05, 3.63) is 89.3 Å². The molecule has 13 heteroatoms. The number of oxazole rings is 2. The number of methoxy groups -OCH3 is 1. The van der Waals surface area contributed by atoms with E-state index in [0.29, 0.717) is 28.7 Å². The molecular formula is C42H40N6O7. The highest BCUT2D eigenvalue weighted by Gasteiger charge is 2.61. The van der Waals surface area contributed by atoms with Crippen molar-refractivity contribution in [1.29, 1.82) is 0 Å². The van der Waals surface area contributed by atoms with Gasteiger partial charge < -0.3 is 44.3 Å². The van der Waals surface area contributed by atoms with Gasteiger partial charge in [0.05, 0.1) is 18.8 Å². The second-order valence-corrected chi connectivity index (χ2v) is 15.2. The SMILES string of the molecule is CCC(O)(CC)C(=O)N[C@H]1Cc2ccc3c(c2)C24c5cccc(c5NC2O3)-c2ccc(OC)c3[nH]cc(c23)-c2cnc(o2)-c2nc(oc24)[C@H](C(C)C)NC1=O. The molecule has 3 aromatic heterocycles. The fraction of sp³-hybridized carbons (Fsp3) is 0.333. The smallest absolute Gasteiger partial charge is 0.252 e. The topological polar surface area (TPSA) is 177 Å². The van der Waals surface area contributed by atoms with Gasteiger partial charge in [0.15, 0.2) is 23.4 Å². The average Bonchev–Trinajstić information content (AvgIpc) is 4.02. The third kappa shape index (κ3) is 4.50. The molecule has 7 heterocycles. The molecule has 280 valence electrons. The number of rotatable bonds is 6. The number of fused-ring (bicyclic) bond motifs is 7. The lowest BCUT2D eigenvalue weighted by Gasteiger charge is -2.30. The lowest BCUT2D eigenvalue weighted by molar-refractivity contribution is -0.143. The molecule has 2 unspecified atom stereocenters. The van der Waals surface area contributed by atoms with Crippen molar-refractivity contribution in [2.45, 2.75) is 76.3 Å². The molecule has 13 nitrogen and oxygen atoms in total. The second kappa shape index (κ2) is 11.7. The number of nitrogens with zero attached hydrogens (tertiary/aromatic N) is 2. The first-order valence-corrected chi connectivity index (χ1v) is 18.8. The number of aromatic amines is 1. The van der Waals surface area contributed by atoms with Crippen LogP contribution in [-0.2, 0) is 21.4 Å².